The van der Waals surface area contributed by atoms with Crippen LogP contribution in [0.1, 0.15) is 80.3 Å². The van der Waals surface area contributed by atoms with Crippen LogP contribution in [0.25, 0.3) is 55.7 Å². The number of ether oxygens (including phenoxy) is 2. The lowest BCUT2D eigenvalue weighted by Crippen LogP contribution is -2.41. The van der Waals surface area contributed by atoms with Crippen molar-refractivity contribution in [3.05, 3.63) is 207 Å². The summed E-state index contributed by atoms with van der Waals surface area (Å²) >= 11 is 3.23. The zero-order valence-corrected chi connectivity index (χ0v) is 58.6. The zero-order chi connectivity index (χ0) is 72.1. The van der Waals surface area contributed by atoms with Gasteiger partial charge >= 0.3 is 7.12 Å². The van der Waals surface area contributed by atoms with Crippen molar-refractivity contribution in [2.75, 3.05) is 62.8 Å². The van der Waals surface area contributed by atoms with Crippen molar-refractivity contribution in [1.82, 2.24) is 30.4 Å². The predicted octanol–water partition coefficient (Wildman–Crippen LogP) is 11.5. The van der Waals surface area contributed by atoms with Crippen LogP contribution in [0.3, 0.4) is 0 Å². The van der Waals surface area contributed by atoms with Crippen LogP contribution in [0.2, 0.25) is 0 Å². The van der Waals surface area contributed by atoms with Crippen LogP contribution in [-0.2, 0) is 42.4 Å². The van der Waals surface area contributed by atoms with E-state index in [1.807, 2.05) is 27.7 Å². The van der Waals surface area contributed by atoms with Crippen molar-refractivity contribution in [2.24, 2.45) is 0 Å². The van der Waals surface area contributed by atoms with E-state index in [2.05, 4.69) is 36.5 Å². The third-order valence-electron chi connectivity index (χ3n) is 17.3. The fourth-order valence-corrected chi connectivity index (χ4v) is 12.4. The molecule has 1 saturated heterocycles. The Kier molecular flexibility index (Phi) is 19.8. The molecule has 10 aromatic rings. The number of hydrogen-bond acceptors (Lipinski definition) is 16. The number of nitrogens with zero attached hydrogens (tertiary/aromatic N) is 6. The minimum Gasteiger partial charge on any atom is -0.471 e. The summed E-state index contributed by atoms with van der Waals surface area (Å²) in [5.41, 5.74) is 4.25. The molecule has 1 fully saturated rings. The second-order valence-corrected chi connectivity index (χ2v) is 29.3. The second-order valence-electron chi connectivity index (χ2n) is 24.5. The number of amides is 4. The summed E-state index contributed by atoms with van der Waals surface area (Å²) in [4.78, 5) is 63.4. The third-order valence-corrected chi connectivity index (χ3v) is 20.1. The third kappa shape index (κ3) is 14.6. The molecule has 0 radical (unpaired) electrons. The standard InChI is InChI=1S/C32H26F2N4O6S.C24H28BFN2O6S.C14H10BrFN2O2/c1-35-30(39)28-24-13-23(26(37(2)45(3,41)42)14-27(24)44-29(28)19-6-10-22(34)11-7-19)20-12-25-31(36-15-20)43-17-38(32(25)40)16-18-4-8-21(33)9-5-18;1-23(2)24(3,4)34-25(33-23)17-12-16-19(13-18(17)28(6)35(7,30)31)32-21(20(16)22(29)27-5)14-8-10-15(26)11-9-14;15-13-5-11-12(6-17-13)20-8-18(14(11)19)7-9-1-3-10(16)4-2-9/h4-15H,16-17H2,1-3H3,(H,35,39);8-13H,1-7H3,(H,27,29);1-6H,7-8H2. The van der Waals surface area contributed by atoms with Crippen LogP contribution in [-0.4, -0.2) is 133 Å². The maximum atomic E-state index is 13.7. The Balaban J connectivity index is 0.000000162. The largest absolute Gasteiger partial charge is 0.497 e. The van der Waals surface area contributed by atoms with Crippen LogP contribution < -0.4 is 34.2 Å². The van der Waals surface area contributed by atoms with Gasteiger partial charge in [-0.3, -0.25) is 27.8 Å². The number of rotatable bonds is 14. The molecule has 2 N–H and O–H groups in total. The first kappa shape index (κ1) is 71.2. The van der Waals surface area contributed by atoms with E-state index >= 15 is 0 Å². The van der Waals surface area contributed by atoms with Crippen molar-refractivity contribution in [3.63, 3.8) is 0 Å². The van der Waals surface area contributed by atoms with E-state index in [1.54, 1.807) is 59.5 Å². The first-order chi connectivity index (χ1) is 47.2. The Morgan fingerprint density at radius 3 is 1.46 bits per heavy atom. The van der Waals surface area contributed by atoms with Gasteiger partial charge in [0.15, 0.2) is 19.2 Å². The molecule has 3 aliphatic rings. The van der Waals surface area contributed by atoms with Crippen LogP contribution >= 0.6 is 15.9 Å². The van der Waals surface area contributed by atoms with Crippen molar-refractivity contribution in [1.29, 1.82) is 0 Å². The van der Waals surface area contributed by atoms with E-state index in [1.165, 1.54) is 124 Å². The lowest BCUT2D eigenvalue weighted by molar-refractivity contribution is 0.00578. The first-order valence-corrected chi connectivity index (χ1v) is 35.1. The van der Waals surface area contributed by atoms with E-state index in [9.17, 15) is 53.6 Å². The summed E-state index contributed by atoms with van der Waals surface area (Å²) in [5.74, 6) is -2.00. The highest BCUT2D eigenvalue weighted by atomic mass is 79.9. The Morgan fingerprint density at radius 2 is 0.990 bits per heavy atom. The van der Waals surface area contributed by atoms with Crippen LogP contribution in [0.4, 0.5) is 28.9 Å². The predicted molar refractivity (Wildman–Crippen MR) is 371 cm³/mol. The van der Waals surface area contributed by atoms with E-state index in [0.717, 1.165) is 26.7 Å². The molecule has 30 heteroatoms. The number of aromatic nitrogens is 2. The maximum absolute atomic E-state index is 13.7. The molecule has 0 aliphatic carbocycles. The maximum Gasteiger partial charge on any atom is 0.497 e. The summed E-state index contributed by atoms with van der Waals surface area (Å²) < 4.78 is 143. The quantitative estimate of drug-likeness (QED) is 0.0582. The number of fused-ring (bicyclic) bond motifs is 4. The zero-order valence-electron chi connectivity index (χ0n) is 55.4. The fourth-order valence-electron chi connectivity index (χ4n) is 11.0. The molecular weight excluding hydrogens is 1410 g/mol. The fraction of sp³-hybridized carbons (Fsp3) is 0.229. The summed E-state index contributed by atoms with van der Waals surface area (Å²) in [6, 6.07) is 32.3. The summed E-state index contributed by atoms with van der Waals surface area (Å²) in [6.07, 6.45) is 5.10. The van der Waals surface area contributed by atoms with E-state index in [0.29, 0.717) is 72.2 Å². The number of carbonyl (C=O) groups excluding carboxylic acids is 4. The molecule has 7 heterocycles. The Labute approximate surface area is 581 Å². The summed E-state index contributed by atoms with van der Waals surface area (Å²) in [6.45, 7) is 8.20. The molecule has 0 saturated carbocycles. The van der Waals surface area contributed by atoms with Crippen LogP contribution in [0, 0.1) is 23.3 Å². The molecule has 0 bridgehead atoms. The van der Waals surface area contributed by atoms with Crippen LogP contribution in [0.5, 0.6) is 11.6 Å². The number of halogens is 5. The molecule has 0 spiro atoms. The number of hydrogen-bond donors (Lipinski definition) is 2. The SMILES string of the molecule is CNC(=O)c1c(-c2ccc(F)cc2)oc2cc(N(C)S(C)(=O)=O)c(-c3cnc4c(c3)C(=O)N(Cc3ccc(F)cc3)CO4)cc12.CNC(=O)c1c(-c2ccc(F)cc2)oc2cc(N(C)S(C)(=O)=O)c(B3OC(C)(C)C(C)(C)O3)cc12.O=C1c2cc(Br)ncc2OCN1Cc1ccc(F)cc1. The minimum atomic E-state index is -3.79. The molecule has 22 nitrogen and oxygen atoms in total. The van der Waals surface area contributed by atoms with Crippen molar-refractivity contribution < 1.29 is 81.2 Å². The second kappa shape index (κ2) is 27.9. The molecule has 13 rings (SSSR count). The van der Waals surface area contributed by atoms with Gasteiger partial charge in [0, 0.05) is 98.1 Å². The van der Waals surface area contributed by atoms with Gasteiger partial charge in [0.05, 0.1) is 58.0 Å². The lowest BCUT2D eigenvalue weighted by Gasteiger charge is -2.32. The van der Waals surface area contributed by atoms with Gasteiger partial charge in [0.25, 0.3) is 23.6 Å². The lowest BCUT2D eigenvalue weighted by atomic mass is 9.77. The molecular formula is C70H64BBrF4N8O14S2. The van der Waals surface area contributed by atoms with Gasteiger partial charge in [0.1, 0.15) is 56.1 Å². The summed E-state index contributed by atoms with van der Waals surface area (Å²) in [5, 5.41) is 6.01. The van der Waals surface area contributed by atoms with Gasteiger partial charge in [0.2, 0.25) is 25.9 Å². The van der Waals surface area contributed by atoms with Crippen molar-refractivity contribution in [3.8, 4) is 45.4 Å². The van der Waals surface area contributed by atoms with E-state index in [-0.39, 0.29) is 88.6 Å². The van der Waals surface area contributed by atoms with E-state index < -0.39 is 67.6 Å². The Hall–Kier alpha value is -10.1. The Bertz CT molecular complexity index is 5090. The van der Waals surface area contributed by atoms with Gasteiger partial charge in [-0.1, -0.05) is 24.3 Å². The smallest absolute Gasteiger partial charge is 0.471 e. The van der Waals surface area contributed by atoms with Crippen LogP contribution in [0.15, 0.2) is 159 Å². The van der Waals surface area contributed by atoms with Gasteiger partial charge in [-0.2, -0.15) is 0 Å². The molecule has 0 unspecified atom stereocenters. The van der Waals surface area contributed by atoms with Crippen molar-refractivity contribution in [2.45, 2.75) is 52.0 Å². The molecule has 518 valence electrons. The number of benzene rings is 6. The molecule has 100 heavy (non-hydrogen) atoms. The topological polar surface area (TPSA) is 263 Å². The van der Waals surface area contributed by atoms with Crippen molar-refractivity contribution >= 4 is 105 Å². The molecule has 0 atom stereocenters. The molecule has 4 aromatic heterocycles. The number of nitrogens with one attached hydrogen (secondary N) is 2. The normalized spacial score (nSPS) is 14.6. The van der Waals surface area contributed by atoms with Gasteiger partial charge in [-0.05, 0) is 152 Å². The highest BCUT2D eigenvalue weighted by Crippen LogP contribution is 2.44. The Morgan fingerprint density at radius 1 is 0.560 bits per heavy atom. The monoisotopic (exact) mass is 1470 g/mol. The minimum absolute atomic E-state index is 0.0692. The highest BCUT2D eigenvalue weighted by Gasteiger charge is 2.53. The number of anilines is 2. The number of carbonyl (C=O) groups is 4. The number of pyridine rings is 2. The van der Waals surface area contributed by atoms with Gasteiger partial charge in [-0.25, -0.2) is 44.4 Å². The summed E-state index contributed by atoms with van der Waals surface area (Å²) in [7, 11) is -2.59. The average Bonchev–Trinajstić information content (AvgIpc) is 1.56. The molecule has 4 amide bonds. The molecule has 3 aliphatic heterocycles. The van der Waals surface area contributed by atoms with Gasteiger partial charge < -0.3 is 48.1 Å². The number of furan rings is 2. The first-order valence-electron chi connectivity index (χ1n) is 30.6. The average molecular weight is 1470 g/mol. The van der Waals surface area contributed by atoms with Gasteiger partial charge in [-0.15, -0.1) is 0 Å². The molecule has 6 aromatic carbocycles. The highest BCUT2D eigenvalue weighted by molar-refractivity contribution is 9.10. The van der Waals surface area contributed by atoms with E-state index in [4.69, 9.17) is 27.6 Å². The number of sulfonamides is 2.